The molecule has 0 aliphatic carbocycles. The molecule has 0 bridgehead atoms. The van der Waals surface area contributed by atoms with Gasteiger partial charge in [-0.3, -0.25) is 19.7 Å². The second-order valence-electron chi connectivity index (χ2n) is 4.12. The molecule has 1 aliphatic rings. The largest absolute Gasteiger partial charge is 0.320 e. The Bertz CT molecular complexity index is 526. The number of rotatable bonds is 1. The molecule has 1 fully saturated rings. The first-order valence-electron chi connectivity index (χ1n) is 5.35. The van der Waals surface area contributed by atoms with Gasteiger partial charge in [-0.05, 0) is 24.6 Å². The van der Waals surface area contributed by atoms with Crippen LogP contribution in [-0.2, 0) is 9.59 Å². The molecule has 0 aromatic heterocycles. The van der Waals surface area contributed by atoms with Crippen molar-refractivity contribution in [3.63, 3.8) is 0 Å². The van der Waals surface area contributed by atoms with E-state index in [4.69, 9.17) is 11.6 Å². The number of nitrogens with zero attached hydrogens (tertiary/aromatic N) is 1. The van der Waals surface area contributed by atoms with E-state index in [2.05, 4.69) is 5.32 Å². The third kappa shape index (κ3) is 2.51. The Morgan fingerprint density at radius 3 is 2.44 bits per heavy atom. The molecule has 1 N–H and O–H groups in total. The van der Waals surface area contributed by atoms with Crippen molar-refractivity contribution in [2.45, 2.75) is 6.92 Å². The summed E-state index contributed by atoms with van der Waals surface area (Å²) in [7, 11) is 0. The van der Waals surface area contributed by atoms with E-state index in [1.54, 1.807) is 18.2 Å². The van der Waals surface area contributed by atoms with Crippen LogP contribution >= 0.6 is 11.6 Å². The minimum absolute atomic E-state index is 0.130. The predicted octanol–water partition coefficient (Wildman–Crippen LogP) is 0.747. The number of imide groups is 1. The highest BCUT2D eigenvalue weighted by atomic mass is 35.5. The summed E-state index contributed by atoms with van der Waals surface area (Å²) >= 11 is 5.98. The lowest BCUT2D eigenvalue weighted by Crippen LogP contribution is -2.53. The summed E-state index contributed by atoms with van der Waals surface area (Å²) in [5.41, 5.74) is 1.23. The van der Waals surface area contributed by atoms with Crippen molar-refractivity contribution >= 4 is 29.3 Å². The third-order valence-corrected chi connectivity index (χ3v) is 2.90. The average molecular weight is 267 g/mol. The monoisotopic (exact) mass is 266 g/mol. The van der Waals surface area contributed by atoms with Gasteiger partial charge in [0.25, 0.3) is 5.91 Å². The molecule has 1 aromatic carbocycles. The fourth-order valence-corrected chi connectivity index (χ4v) is 2.06. The Balaban J connectivity index is 2.25. The van der Waals surface area contributed by atoms with Crippen LogP contribution in [0.25, 0.3) is 0 Å². The second-order valence-corrected chi connectivity index (χ2v) is 4.52. The number of halogens is 1. The molecule has 0 spiro atoms. The van der Waals surface area contributed by atoms with Crippen LogP contribution in [0.1, 0.15) is 15.9 Å². The maximum Gasteiger partial charge on any atom is 0.256 e. The number of nitrogens with one attached hydrogen (secondary N) is 1. The maximum atomic E-state index is 12.1. The van der Waals surface area contributed by atoms with Gasteiger partial charge in [0, 0.05) is 0 Å². The number of carbonyl (C=O) groups excluding carboxylic acids is 3. The van der Waals surface area contributed by atoms with Crippen LogP contribution in [0.4, 0.5) is 0 Å². The van der Waals surface area contributed by atoms with E-state index < -0.39 is 17.7 Å². The van der Waals surface area contributed by atoms with Crippen molar-refractivity contribution in [3.05, 3.63) is 34.3 Å². The van der Waals surface area contributed by atoms with Crippen molar-refractivity contribution in [3.8, 4) is 0 Å². The van der Waals surface area contributed by atoms with Crippen LogP contribution in [0.2, 0.25) is 5.02 Å². The van der Waals surface area contributed by atoms with E-state index >= 15 is 0 Å². The summed E-state index contributed by atoms with van der Waals surface area (Å²) in [6.45, 7) is 1.60. The minimum atomic E-state index is -0.483. The summed E-state index contributed by atoms with van der Waals surface area (Å²) in [5.74, 6) is -1.38. The zero-order valence-electron chi connectivity index (χ0n) is 9.70. The molecular weight excluding hydrogens is 256 g/mol. The van der Waals surface area contributed by atoms with Crippen molar-refractivity contribution in [1.82, 2.24) is 10.2 Å². The predicted molar refractivity (Wildman–Crippen MR) is 65.2 cm³/mol. The second kappa shape index (κ2) is 4.78. The molecule has 94 valence electrons. The van der Waals surface area contributed by atoms with Gasteiger partial charge in [-0.25, -0.2) is 0 Å². The van der Waals surface area contributed by atoms with E-state index in [1.807, 2.05) is 6.92 Å². The summed E-state index contributed by atoms with van der Waals surface area (Å²) in [6, 6.07) is 5.02. The number of hydrogen-bond donors (Lipinski definition) is 1. The van der Waals surface area contributed by atoms with Crippen LogP contribution in [0.15, 0.2) is 18.2 Å². The first kappa shape index (κ1) is 12.6. The Morgan fingerprint density at radius 1 is 1.28 bits per heavy atom. The van der Waals surface area contributed by atoms with Gasteiger partial charge in [-0.2, -0.15) is 0 Å². The molecule has 1 aliphatic heterocycles. The number of aryl methyl sites for hydroxylation is 1. The topological polar surface area (TPSA) is 66.5 Å². The number of carbonyl (C=O) groups is 3. The lowest BCUT2D eigenvalue weighted by molar-refractivity contribution is -0.135. The van der Waals surface area contributed by atoms with Gasteiger partial charge >= 0.3 is 0 Å². The van der Waals surface area contributed by atoms with Gasteiger partial charge in [0.2, 0.25) is 11.8 Å². The quantitative estimate of drug-likeness (QED) is 0.763. The first-order chi connectivity index (χ1) is 8.47. The first-order valence-corrected chi connectivity index (χ1v) is 5.73. The van der Waals surface area contributed by atoms with Crippen molar-refractivity contribution in [2.75, 3.05) is 13.1 Å². The van der Waals surface area contributed by atoms with Crippen molar-refractivity contribution in [1.29, 1.82) is 0 Å². The van der Waals surface area contributed by atoms with E-state index in [0.717, 1.165) is 5.56 Å². The smallest absolute Gasteiger partial charge is 0.256 e. The number of hydrogen-bond acceptors (Lipinski definition) is 3. The third-order valence-electron chi connectivity index (χ3n) is 2.59. The van der Waals surface area contributed by atoms with Gasteiger partial charge in [0.15, 0.2) is 0 Å². The molecule has 2 rings (SSSR count). The normalized spacial score (nSPS) is 15.6. The minimum Gasteiger partial charge on any atom is -0.320 e. The molecule has 0 saturated carbocycles. The zero-order valence-corrected chi connectivity index (χ0v) is 10.5. The molecule has 6 heteroatoms. The Hall–Kier alpha value is -1.88. The number of amides is 3. The lowest BCUT2D eigenvalue weighted by atomic mass is 10.1. The average Bonchev–Trinajstić information content (AvgIpc) is 2.26. The van der Waals surface area contributed by atoms with Gasteiger partial charge in [0.05, 0.1) is 10.6 Å². The molecule has 18 heavy (non-hydrogen) atoms. The molecule has 1 heterocycles. The van der Waals surface area contributed by atoms with Crippen LogP contribution < -0.4 is 5.32 Å². The lowest BCUT2D eigenvalue weighted by Gasteiger charge is -2.25. The molecule has 5 nitrogen and oxygen atoms in total. The van der Waals surface area contributed by atoms with Crippen molar-refractivity contribution in [2.24, 2.45) is 0 Å². The van der Waals surface area contributed by atoms with Gasteiger partial charge in [-0.15, -0.1) is 0 Å². The Morgan fingerprint density at radius 2 is 1.89 bits per heavy atom. The van der Waals surface area contributed by atoms with Crippen LogP contribution in [0, 0.1) is 6.92 Å². The molecular formula is C12H11ClN2O3. The van der Waals surface area contributed by atoms with Gasteiger partial charge in [-0.1, -0.05) is 17.7 Å². The van der Waals surface area contributed by atoms with E-state index in [0.29, 0.717) is 10.6 Å². The molecule has 0 atom stereocenters. The van der Waals surface area contributed by atoms with Gasteiger partial charge < -0.3 is 4.90 Å². The standard InChI is InChI=1S/C12H11ClN2O3/c1-7-2-3-8(9(13)4-7)12(18)15-5-10(16)14-11(17)6-15/h2-4H,5-6H2,1H3,(H,14,16,17). The number of piperazine rings is 1. The molecule has 1 saturated heterocycles. The van der Waals surface area contributed by atoms with Crippen LogP contribution in [0.5, 0.6) is 0 Å². The molecule has 1 aromatic rings. The highest BCUT2D eigenvalue weighted by molar-refractivity contribution is 6.34. The summed E-state index contributed by atoms with van der Waals surface area (Å²) in [6.07, 6.45) is 0. The Labute approximate surface area is 109 Å². The fraction of sp³-hybridized carbons (Fsp3) is 0.250. The number of benzene rings is 1. The Kier molecular flexibility index (Phi) is 3.34. The maximum absolute atomic E-state index is 12.1. The summed E-state index contributed by atoms with van der Waals surface area (Å²) in [4.78, 5) is 35.7. The molecule has 3 amide bonds. The summed E-state index contributed by atoms with van der Waals surface area (Å²) in [5, 5.41) is 2.45. The molecule has 0 unspecified atom stereocenters. The van der Waals surface area contributed by atoms with Crippen LogP contribution in [0.3, 0.4) is 0 Å². The molecule has 0 radical (unpaired) electrons. The highest BCUT2D eigenvalue weighted by Gasteiger charge is 2.27. The van der Waals surface area contributed by atoms with E-state index in [9.17, 15) is 14.4 Å². The van der Waals surface area contributed by atoms with Crippen LogP contribution in [-0.4, -0.2) is 35.7 Å². The SMILES string of the molecule is Cc1ccc(C(=O)N2CC(=O)NC(=O)C2)c(Cl)c1. The highest BCUT2D eigenvalue weighted by Crippen LogP contribution is 2.19. The van der Waals surface area contributed by atoms with E-state index in [1.165, 1.54) is 4.90 Å². The zero-order chi connectivity index (χ0) is 13.3. The fourth-order valence-electron chi connectivity index (χ4n) is 1.74. The van der Waals surface area contributed by atoms with E-state index in [-0.39, 0.29) is 13.1 Å². The van der Waals surface area contributed by atoms with Crippen molar-refractivity contribution < 1.29 is 14.4 Å². The van der Waals surface area contributed by atoms with Gasteiger partial charge in [0.1, 0.15) is 13.1 Å². The summed E-state index contributed by atoms with van der Waals surface area (Å²) < 4.78 is 0.